The molecule has 8 heteroatoms. The van der Waals surface area contributed by atoms with Crippen LogP contribution in [-0.2, 0) is 0 Å². The zero-order chi connectivity index (χ0) is 19.1. The number of imidazole rings is 1. The molecule has 0 aliphatic carbocycles. The van der Waals surface area contributed by atoms with Crippen molar-refractivity contribution in [1.29, 1.82) is 0 Å². The van der Waals surface area contributed by atoms with Crippen molar-refractivity contribution in [3.05, 3.63) is 69.9 Å². The fourth-order valence-electron chi connectivity index (χ4n) is 2.95. The molecule has 0 fully saturated rings. The Morgan fingerprint density at radius 3 is 2.59 bits per heavy atom. The number of hydrogen-bond acceptors (Lipinski definition) is 3. The fraction of sp³-hybridized carbons (Fsp3) is 0.0526. The number of aromatic nitrogens is 3. The summed E-state index contributed by atoms with van der Waals surface area (Å²) in [7, 11) is 1.55. The Hall–Kier alpha value is -2.34. The van der Waals surface area contributed by atoms with E-state index in [-0.39, 0.29) is 15.7 Å². The number of rotatable bonds is 3. The second kappa shape index (κ2) is 7.00. The van der Waals surface area contributed by atoms with Crippen molar-refractivity contribution >= 4 is 45.8 Å². The minimum Gasteiger partial charge on any atom is -0.497 e. The molecule has 4 rings (SSSR count). The average molecular weight is 423 g/mol. The van der Waals surface area contributed by atoms with E-state index in [0.717, 1.165) is 0 Å². The van der Waals surface area contributed by atoms with Gasteiger partial charge in [0.15, 0.2) is 5.82 Å². The first-order chi connectivity index (χ1) is 13.0. The van der Waals surface area contributed by atoms with Gasteiger partial charge in [0.25, 0.3) is 0 Å². The molecule has 4 nitrogen and oxygen atoms in total. The molecule has 4 aromatic rings. The molecule has 27 heavy (non-hydrogen) atoms. The van der Waals surface area contributed by atoms with E-state index in [9.17, 15) is 4.39 Å². The summed E-state index contributed by atoms with van der Waals surface area (Å²) in [6, 6.07) is 9.78. The van der Waals surface area contributed by atoms with Crippen LogP contribution in [-0.4, -0.2) is 21.6 Å². The smallest absolute Gasteiger partial charge is 0.150 e. The Labute approximate surface area is 169 Å². The molecule has 2 aromatic carbocycles. The number of halogens is 4. The monoisotopic (exact) mass is 421 g/mol. The molecule has 0 bridgehead atoms. The van der Waals surface area contributed by atoms with Gasteiger partial charge in [0.05, 0.1) is 23.3 Å². The molecule has 0 radical (unpaired) electrons. The van der Waals surface area contributed by atoms with E-state index in [0.29, 0.717) is 33.1 Å². The highest BCUT2D eigenvalue weighted by molar-refractivity contribution is 6.36. The molecule has 2 aromatic heterocycles. The van der Waals surface area contributed by atoms with E-state index in [2.05, 4.69) is 9.97 Å². The molecule has 0 atom stereocenters. The van der Waals surface area contributed by atoms with Gasteiger partial charge >= 0.3 is 0 Å². The fourth-order valence-corrected chi connectivity index (χ4v) is 3.67. The summed E-state index contributed by atoms with van der Waals surface area (Å²) in [5.74, 6) is 0.119. The number of ether oxygens (including phenoxy) is 1. The van der Waals surface area contributed by atoms with Gasteiger partial charge in [0.2, 0.25) is 0 Å². The Morgan fingerprint density at radius 2 is 1.85 bits per heavy atom. The predicted molar refractivity (Wildman–Crippen MR) is 106 cm³/mol. The Morgan fingerprint density at radius 1 is 1.04 bits per heavy atom. The third kappa shape index (κ3) is 3.12. The molecular weight excluding hydrogens is 412 g/mol. The number of benzene rings is 2. The maximum Gasteiger partial charge on any atom is 0.150 e. The summed E-state index contributed by atoms with van der Waals surface area (Å²) in [6.07, 6.45) is 3.05. The van der Waals surface area contributed by atoms with Crippen LogP contribution in [0.5, 0.6) is 5.75 Å². The molecule has 0 N–H and O–H groups in total. The minimum atomic E-state index is -0.491. The molecular formula is C19H11Cl3FN3O. The Balaban J connectivity index is 2.01. The van der Waals surface area contributed by atoms with Gasteiger partial charge in [0.1, 0.15) is 22.7 Å². The van der Waals surface area contributed by atoms with E-state index in [1.165, 1.54) is 18.6 Å². The van der Waals surface area contributed by atoms with Crippen molar-refractivity contribution in [3.63, 3.8) is 0 Å². The summed E-state index contributed by atoms with van der Waals surface area (Å²) in [4.78, 5) is 8.41. The summed E-state index contributed by atoms with van der Waals surface area (Å²) in [6.45, 7) is 0. The normalized spacial score (nSPS) is 11.1. The van der Waals surface area contributed by atoms with Crippen LogP contribution in [0.1, 0.15) is 0 Å². The molecule has 0 amide bonds. The second-order valence-electron chi connectivity index (χ2n) is 5.71. The number of pyridine rings is 1. The van der Waals surface area contributed by atoms with E-state index in [1.54, 1.807) is 42.0 Å². The van der Waals surface area contributed by atoms with Crippen LogP contribution < -0.4 is 4.74 Å². The molecule has 2 heterocycles. The lowest BCUT2D eigenvalue weighted by molar-refractivity contribution is 0.415. The van der Waals surface area contributed by atoms with Crippen LogP contribution in [0, 0.1) is 5.82 Å². The summed E-state index contributed by atoms with van der Waals surface area (Å²) < 4.78 is 21.4. The van der Waals surface area contributed by atoms with Gasteiger partial charge in [-0.2, -0.15) is 0 Å². The lowest BCUT2D eigenvalue weighted by Gasteiger charge is -2.15. The van der Waals surface area contributed by atoms with Gasteiger partial charge < -0.3 is 4.74 Å². The van der Waals surface area contributed by atoms with Gasteiger partial charge in [-0.3, -0.25) is 4.57 Å². The van der Waals surface area contributed by atoms with Crippen LogP contribution in [0.15, 0.2) is 48.9 Å². The highest BCUT2D eigenvalue weighted by Crippen LogP contribution is 2.39. The Bertz CT molecular complexity index is 1180. The molecule has 136 valence electrons. The highest BCUT2D eigenvalue weighted by atomic mass is 35.5. The molecule has 0 saturated heterocycles. The largest absolute Gasteiger partial charge is 0.497 e. The maximum atomic E-state index is 14.6. The van der Waals surface area contributed by atoms with Crippen molar-refractivity contribution in [3.8, 4) is 22.6 Å². The zero-order valence-electron chi connectivity index (χ0n) is 13.9. The van der Waals surface area contributed by atoms with Crippen LogP contribution in [0.3, 0.4) is 0 Å². The standard InChI is InChI=1S/C19H11Cl3FN3O/c1-27-11-2-3-12(13(21)8-11)17-16(4-5-24-19(17)22)26-9-25-15-7-10(20)6-14(23)18(15)26/h2-9H,1H3. The minimum absolute atomic E-state index is 0.232. The van der Waals surface area contributed by atoms with Crippen molar-refractivity contribution in [1.82, 2.24) is 14.5 Å². The lowest BCUT2D eigenvalue weighted by atomic mass is 10.1. The van der Waals surface area contributed by atoms with E-state index < -0.39 is 5.82 Å². The van der Waals surface area contributed by atoms with Crippen molar-refractivity contribution < 1.29 is 9.13 Å². The molecule has 0 aliphatic heterocycles. The quantitative estimate of drug-likeness (QED) is 0.369. The molecule has 0 aliphatic rings. The van der Waals surface area contributed by atoms with Gasteiger partial charge in [-0.05, 0) is 36.4 Å². The summed E-state index contributed by atoms with van der Waals surface area (Å²) in [5, 5.41) is 0.936. The molecule has 0 unspecified atom stereocenters. The predicted octanol–water partition coefficient (Wildman–Crippen LogP) is 6.20. The van der Waals surface area contributed by atoms with E-state index >= 15 is 0 Å². The van der Waals surface area contributed by atoms with Gasteiger partial charge in [-0.1, -0.05) is 34.8 Å². The van der Waals surface area contributed by atoms with Gasteiger partial charge in [-0.15, -0.1) is 0 Å². The third-order valence-corrected chi connectivity index (χ3v) is 4.97. The molecule has 0 spiro atoms. The first kappa shape index (κ1) is 18.0. The van der Waals surface area contributed by atoms with Crippen LogP contribution in [0.25, 0.3) is 27.8 Å². The number of methoxy groups -OCH3 is 1. The number of fused-ring (bicyclic) bond motifs is 1. The highest BCUT2D eigenvalue weighted by Gasteiger charge is 2.19. The Kier molecular flexibility index (Phi) is 4.68. The summed E-state index contributed by atoms with van der Waals surface area (Å²) in [5.41, 5.74) is 2.50. The van der Waals surface area contributed by atoms with E-state index in [4.69, 9.17) is 39.5 Å². The van der Waals surface area contributed by atoms with Crippen LogP contribution in [0.2, 0.25) is 15.2 Å². The van der Waals surface area contributed by atoms with Gasteiger partial charge in [0, 0.05) is 22.3 Å². The van der Waals surface area contributed by atoms with Gasteiger partial charge in [-0.25, -0.2) is 14.4 Å². The van der Waals surface area contributed by atoms with Crippen molar-refractivity contribution in [2.24, 2.45) is 0 Å². The SMILES string of the molecule is COc1ccc(-c2c(-n3cnc4cc(Cl)cc(F)c43)ccnc2Cl)c(Cl)c1. The van der Waals surface area contributed by atoms with Crippen molar-refractivity contribution in [2.45, 2.75) is 0 Å². The van der Waals surface area contributed by atoms with Crippen LogP contribution >= 0.6 is 34.8 Å². The number of nitrogens with zero attached hydrogens (tertiary/aromatic N) is 3. The third-order valence-electron chi connectivity index (χ3n) is 4.15. The molecule has 0 saturated carbocycles. The average Bonchev–Trinajstić information content (AvgIpc) is 3.06. The zero-order valence-corrected chi connectivity index (χ0v) is 16.1. The lowest BCUT2D eigenvalue weighted by Crippen LogP contribution is -1.99. The van der Waals surface area contributed by atoms with Crippen molar-refractivity contribution in [2.75, 3.05) is 7.11 Å². The second-order valence-corrected chi connectivity index (χ2v) is 6.91. The summed E-state index contributed by atoms with van der Waals surface area (Å²) >= 11 is 18.8. The van der Waals surface area contributed by atoms with Crippen LogP contribution in [0.4, 0.5) is 4.39 Å². The maximum absolute atomic E-state index is 14.6. The topological polar surface area (TPSA) is 39.9 Å². The number of hydrogen-bond donors (Lipinski definition) is 0. The first-order valence-corrected chi connectivity index (χ1v) is 8.94. The first-order valence-electron chi connectivity index (χ1n) is 7.80. The van der Waals surface area contributed by atoms with E-state index in [1.807, 2.05) is 0 Å².